The van der Waals surface area contributed by atoms with Gasteiger partial charge in [-0.15, -0.1) is 0 Å². The molecule has 122 valence electrons. The molecule has 4 nitrogen and oxygen atoms in total. The van der Waals surface area contributed by atoms with E-state index in [2.05, 4.69) is 32.7 Å². The highest BCUT2D eigenvalue weighted by atomic mass is 19.1. The fourth-order valence-corrected chi connectivity index (χ4v) is 2.38. The Morgan fingerprint density at radius 2 is 1.62 bits per heavy atom. The summed E-state index contributed by atoms with van der Waals surface area (Å²) in [4.78, 5) is 8.31. The third-order valence-corrected chi connectivity index (χ3v) is 3.59. The number of anilines is 3. The van der Waals surface area contributed by atoms with E-state index < -0.39 is 0 Å². The summed E-state index contributed by atoms with van der Waals surface area (Å²) < 4.78 is 13.7. The quantitative estimate of drug-likeness (QED) is 0.633. The molecule has 0 aliphatic carbocycles. The Bertz CT molecular complexity index is 777. The number of para-hydroxylation sites is 1. The Balaban J connectivity index is 1.53. The van der Waals surface area contributed by atoms with Gasteiger partial charge in [0, 0.05) is 12.6 Å². The lowest BCUT2D eigenvalue weighted by Gasteiger charge is -2.09. The van der Waals surface area contributed by atoms with Gasteiger partial charge >= 0.3 is 0 Å². The van der Waals surface area contributed by atoms with Crippen LogP contribution < -0.4 is 10.6 Å². The SMILES string of the molecule is Fc1ccccc1Nc1cc(NCCCc2ccccc2)ncn1. The largest absolute Gasteiger partial charge is 0.370 e. The first-order valence-electron chi connectivity index (χ1n) is 7.93. The average Bonchev–Trinajstić information content (AvgIpc) is 2.62. The minimum Gasteiger partial charge on any atom is -0.370 e. The van der Waals surface area contributed by atoms with E-state index in [1.54, 1.807) is 24.3 Å². The molecule has 0 bridgehead atoms. The molecular weight excluding hydrogens is 303 g/mol. The molecule has 0 aliphatic rings. The van der Waals surface area contributed by atoms with E-state index in [1.807, 2.05) is 18.2 Å². The van der Waals surface area contributed by atoms with Gasteiger partial charge < -0.3 is 10.6 Å². The third-order valence-electron chi connectivity index (χ3n) is 3.59. The van der Waals surface area contributed by atoms with E-state index in [4.69, 9.17) is 0 Å². The molecule has 3 rings (SSSR count). The zero-order valence-corrected chi connectivity index (χ0v) is 13.2. The molecule has 24 heavy (non-hydrogen) atoms. The van der Waals surface area contributed by atoms with Crippen LogP contribution in [0.4, 0.5) is 21.7 Å². The molecule has 0 radical (unpaired) electrons. The van der Waals surface area contributed by atoms with Crippen LogP contribution >= 0.6 is 0 Å². The predicted octanol–water partition coefficient (Wildman–Crippen LogP) is 4.40. The summed E-state index contributed by atoms with van der Waals surface area (Å²) in [6.45, 7) is 0.811. The molecule has 2 aromatic carbocycles. The average molecular weight is 322 g/mol. The summed E-state index contributed by atoms with van der Waals surface area (Å²) in [5.74, 6) is 0.964. The van der Waals surface area contributed by atoms with Gasteiger partial charge in [0.05, 0.1) is 5.69 Å². The molecule has 0 spiro atoms. The first-order chi connectivity index (χ1) is 11.8. The van der Waals surface area contributed by atoms with Gasteiger partial charge in [0.15, 0.2) is 0 Å². The van der Waals surface area contributed by atoms with Gasteiger partial charge in [-0.2, -0.15) is 0 Å². The minimum atomic E-state index is -0.312. The molecule has 0 atom stereocenters. The van der Waals surface area contributed by atoms with Gasteiger partial charge in [-0.25, -0.2) is 14.4 Å². The van der Waals surface area contributed by atoms with Crippen molar-refractivity contribution in [1.82, 2.24) is 9.97 Å². The van der Waals surface area contributed by atoms with Gasteiger partial charge in [0.2, 0.25) is 0 Å². The van der Waals surface area contributed by atoms with Gasteiger partial charge in [0.1, 0.15) is 23.8 Å². The molecule has 2 N–H and O–H groups in total. The summed E-state index contributed by atoms with van der Waals surface area (Å²) in [5, 5.41) is 6.23. The van der Waals surface area contributed by atoms with Gasteiger partial charge in [-0.3, -0.25) is 0 Å². The normalized spacial score (nSPS) is 10.4. The molecule has 1 aromatic heterocycles. The maximum atomic E-state index is 13.7. The highest BCUT2D eigenvalue weighted by molar-refractivity contribution is 5.59. The van der Waals surface area contributed by atoms with Gasteiger partial charge in [0.25, 0.3) is 0 Å². The van der Waals surface area contributed by atoms with Crippen LogP contribution in [0.2, 0.25) is 0 Å². The molecular formula is C19H19FN4. The van der Waals surface area contributed by atoms with Crippen LogP contribution in [-0.4, -0.2) is 16.5 Å². The van der Waals surface area contributed by atoms with Crippen molar-refractivity contribution in [2.75, 3.05) is 17.2 Å². The van der Waals surface area contributed by atoms with E-state index in [-0.39, 0.29) is 5.82 Å². The summed E-state index contributed by atoms with van der Waals surface area (Å²) in [7, 11) is 0. The molecule has 0 aliphatic heterocycles. The second-order valence-corrected chi connectivity index (χ2v) is 5.41. The first kappa shape index (κ1) is 15.9. The number of halogens is 1. The Morgan fingerprint density at radius 3 is 2.46 bits per heavy atom. The molecule has 0 saturated heterocycles. The highest BCUT2D eigenvalue weighted by Gasteiger charge is 2.03. The predicted molar refractivity (Wildman–Crippen MR) is 95.0 cm³/mol. The summed E-state index contributed by atoms with van der Waals surface area (Å²) >= 11 is 0. The Morgan fingerprint density at radius 1 is 0.875 bits per heavy atom. The molecule has 0 amide bonds. The Kier molecular flexibility index (Phi) is 5.35. The maximum Gasteiger partial charge on any atom is 0.146 e. The monoisotopic (exact) mass is 322 g/mol. The number of rotatable bonds is 7. The Labute approximate surface area is 140 Å². The smallest absolute Gasteiger partial charge is 0.146 e. The topological polar surface area (TPSA) is 49.8 Å². The van der Waals surface area contributed by atoms with Crippen molar-refractivity contribution in [3.63, 3.8) is 0 Å². The van der Waals surface area contributed by atoms with Crippen molar-refractivity contribution >= 4 is 17.3 Å². The van der Waals surface area contributed by atoms with Crippen molar-refractivity contribution < 1.29 is 4.39 Å². The first-order valence-corrected chi connectivity index (χ1v) is 7.93. The number of hydrogen-bond donors (Lipinski definition) is 2. The van der Waals surface area contributed by atoms with E-state index in [1.165, 1.54) is 18.0 Å². The number of nitrogens with one attached hydrogen (secondary N) is 2. The van der Waals surface area contributed by atoms with Crippen molar-refractivity contribution in [2.24, 2.45) is 0 Å². The van der Waals surface area contributed by atoms with Gasteiger partial charge in [-0.1, -0.05) is 42.5 Å². The Hall–Kier alpha value is -2.95. The number of nitrogens with zero attached hydrogens (tertiary/aromatic N) is 2. The molecule has 0 fully saturated rings. The lowest BCUT2D eigenvalue weighted by Crippen LogP contribution is -2.06. The molecule has 0 unspecified atom stereocenters. The van der Waals surface area contributed by atoms with Crippen molar-refractivity contribution in [3.05, 3.63) is 78.4 Å². The number of benzene rings is 2. The van der Waals surface area contributed by atoms with Crippen LogP contribution in [0.1, 0.15) is 12.0 Å². The number of hydrogen-bond acceptors (Lipinski definition) is 4. The van der Waals surface area contributed by atoms with Crippen LogP contribution in [0.15, 0.2) is 67.0 Å². The highest BCUT2D eigenvalue weighted by Crippen LogP contribution is 2.19. The minimum absolute atomic E-state index is 0.312. The molecule has 3 aromatic rings. The second-order valence-electron chi connectivity index (χ2n) is 5.41. The van der Waals surface area contributed by atoms with E-state index in [0.29, 0.717) is 11.5 Å². The van der Waals surface area contributed by atoms with Crippen molar-refractivity contribution in [2.45, 2.75) is 12.8 Å². The zero-order chi connectivity index (χ0) is 16.6. The number of aryl methyl sites for hydroxylation is 1. The van der Waals surface area contributed by atoms with Crippen molar-refractivity contribution in [3.8, 4) is 0 Å². The summed E-state index contributed by atoms with van der Waals surface area (Å²) in [6, 6.07) is 18.7. The molecule has 5 heteroatoms. The fraction of sp³-hybridized carbons (Fsp3) is 0.158. The third kappa shape index (κ3) is 4.52. The lowest BCUT2D eigenvalue weighted by atomic mass is 10.1. The van der Waals surface area contributed by atoms with Crippen LogP contribution in [-0.2, 0) is 6.42 Å². The van der Waals surface area contributed by atoms with Crippen LogP contribution in [0.5, 0.6) is 0 Å². The van der Waals surface area contributed by atoms with E-state index in [0.717, 1.165) is 25.2 Å². The summed E-state index contributed by atoms with van der Waals surface area (Å²) in [5.41, 5.74) is 1.72. The lowest BCUT2D eigenvalue weighted by molar-refractivity contribution is 0.632. The fourth-order valence-electron chi connectivity index (χ4n) is 2.38. The van der Waals surface area contributed by atoms with Crippen LogP contribution in [0, 0.1) is 5.82 Å². The summed E-state index contributed by atoms with van der Waals surface area (Å²) in [6.07, 6.45) is 3.48. The molecule has 1 heterocycles. The second kappa shape index (κ2) is 8.06. The van der Waals surface area contributed by atoms with Crippen LogP contribution in [0.25, 0.3) is 0 Å². The van der Waals surface area contributed by atoms with Crippen LogP contribution in [0.3, 0.4) is 0 Å². The van der Waals surface area contributed by atoms with Gasteiger partial charge in [-0.05, 0) is 30.5 Å². The van der Waals surface area contributed by atoms with E-state index >= 15 is 0 Å². The molecule has 0 saturated carbocycles. The van der Waals surface area contributed by atoms with Crippen molar-refractivity contribution in [1.29, 1.82) is 0 Å². The number of aromatic nitrogens is 2. The van der Waals surface area contributed by atoms with E-state index in [9.17, 15) is 4.39 Å². The standard InChI is InChI=1S/C19H19FN4/c20-16-10-4-5-11-17(16)24-19-13-18(22-14-23-19)21-12-6-9-15-7-2-1-3-8-15/h1-5,7-8,10-11,13-14H,6,9,12H2,(H2,21,22,23,24). The maximum absolute atomic E-state index is 13.7. The zero-order valence-electron chi connectivity index (χ0n) is 13.2.